The summed E-state index contributed by atoms with van der Waals surface area (Å²) < 4.78 is 0. The van der Waals surface area contributed by atoms with Gasteiger partial charge in [0.05, 0.1) is 5.54 Å². The Bertz CT molecular complexity index is 260. The van der Waals surface area contributed by atoms with Crippen molar-refractivity contribution in [1.29, 1.82) is 0 Å². The molecule has 5 nitrogen and oxygen atoms in total. The van der Waals surface area contributed by atoms with Gasteiger partial charge in [-0.25, -0.2) is 0 Å². The molecule has 0 fully saturated rings. The van der Waals surface area contributed by atoms with E-state index in [-0.39, 0.29) is 5.54 Å². The highest BCUT2D eigenvalue weighted by Crippen LogP contribution is 2.08. The molecule has 0 aliphatic rings. The van der Waals surface area contributed by atoms with E-state index in [1.54, 1.807) is 4.80 Å². The molecule has 0 unspecified atom stereocenters. The van der Waals surface area contributed by atoms with E-state index >= 15 is 0 Å². The zero-order valence-corrected chi connectivity index (χ0v) is 8.70. The molecule has 0 amide bonds. The first kappa shape index (κ1) is 10.1. The van der Waals surface area contributed by atoms with Gasteiger partial charge in [-0.05, 0) is 33.0 Å². The molecule has 0 atom stereocenters. The van der Waals surface area contributed by atoms with Crippen molar-refractivity contribution in [2.45, 2.75) is 32.7 Å². The van der Waals surface area contributed by atoms with Gasteiger partial charge in [0, 0.05) is 13.0 Å². The van der Waals surface area contributed by atoms with Crippen molar-refractivity contribution in [3.63, 3.8) is 0 Å². The maximum atomic E-state index is 4.27. The monoisotopic (exact) mass is 183 g/mol. The molecular formula is C8H17N5. The molecule has 1 rings (SSSR count). The normalized spacial score (nSPS) is 12.0. The lowest BCUT2D eigenvalue weighted by molar-refractivity contribution is 0.305. The van der Waals surface area contributed by atoms with E-state index < -0.39 is 0 Å². The van der Waals surface area contributed by atoms with Crippen molar-refractivity contribution < 1.29 is 0 Å². The lowest BCUT2D eigenvalue weighted by atomic mass is 10.1. The minimum Gasteiger partial charge on any atom is -0.319 e. The average Bonchev–Trinajstić information content (AvgIpc) is 2.47. The largest absolute Gasteiger partial charge is 0.319 e. The van der Waals surface area contributed by atoms with Gasteiger partial charge in [-0.2, -0.15) is 4.80 Å². The van der Waals surface area contributed by atoms with Crippen molar-refractivity contribution in [1.82, 2.24) is 25.5 Å². The lowest BCUT2D eigenvalue weighted by Crippen LogP contribution is -2.24. The van der Waals surface area contributed by atoms with Crippen LogP contribution in [-0.4, -0.2) is 33.8 Å². The maximum absolute atomic E-state index is 4.27. The zero-order valence-electron chi connectivity index (χ0n) is 8.70. The summed E-state index contributed by atoms with van der Waals surface area (Å²) in [7, 11) is 1.91. The van der Waals surface area contributed by atoms with Crippen LogP contribution in [0.25, 0.3) is 0 Å². The number of tetrazole rings is 1. The second-order valence-electron chi connectivity index (χ2n) is 4.02. The number of nitrogens with one attached hydrogen (secondary N) is 1. The van der Waals surface area contributed by atoms with Crippen LogP contribution in [0.2, 0.25) is 0 Å². The summed E-state index contributed by atoms with van der Waals surface area (Å²) in [6, 6.07) is 0. The molecular weight excluding hydrogens is 166 g/mol. The average molecular weight is 183 g/mol. The number of hydrogen-bond donors (Lipinski definition) is 1. The van der Waals surface area contributed by atoms with Gasteiger partial charge in [0.15, 0.2) is 5.82 Å². The van der Waals surface area contributed by atoms with E-state index in [1.807, 2.05) is 7.05 Å². The Hall–Kier alpha value is -0.970. The van der Waals surface area contributed by atoms with Crippen molar-refractivity contribution in [2.24, 2.45) is 0 Å². The minimum atomic E-state index is -0.0785. The molecule has 74 valence electrons. The quantitative estimate of drug-likeness (QED) is 0.727. The van der Waals surface area contributed by atoms with Gasteiger partial charge in [0.25, 0.3) is 0 Å². The minimum absolute atomic E-state index is 0.0785. The van der Waals surface area contributed by atoms with Crippen LogP contribution in [0.3, 0.4) is 0 Å². The molecule has 5 heteroatoms. The second kappa shape index (κ2) is 3.83. The standard InChI is InChI=1S/C8H17N5/c1-8(2,3)13-11-7(10-12-13)5-6-9-4/h9H,5-6H2,1-4H3. The number of likely N-dealkylation sites (N-methyl/N-ethyl adjacent to an activating group) is 1. The first-order valence-corrected chi connectivity index (χ1v) is 4.48. The van der Waals surface area contributed by atoms with Gasteiger partial charge in [-0.15, -0.1) is 10.2 Å². The SMILES string of the molecule is CNCCc1nnn(C(C)(C)C)n1. The van der Waals surface area contributed by atoms with Crippen molar-refractivity contribution in [2.75, 3.05) is 13.6 Å². The highest BCUT2D eigenvalue weighted by Gasteiger charge is 2.16. The summed E-state index contributed by atoms with van der Waals surface area (Å²) in [6.45, 7) is 7.04. The fourth-order valence-electron chi connectivity index (χ4n) is 0.864. The van der Waals surface area contributed by atoms with E-state index in [1.165, 1.54) is 0 Å². The van der Waals surface area contributed by atoms with Crippen molar-refractivity contribution in [3.05, 3.63) is 5.82 Å². The number of nitrogens with zero attached hydrogens (tertiary/aromatic N) is 4. The van der Waals surface area contributed by atoms with Crippen molar-refractivity contribution >= 4 is 0 Å². The Morgan fingerprint density at radius 3 is 2.54 bits per heavy atom. The van der Waals surface area contributed by atoms with Crippen LogP contribution in [0, 0.1) is 0 Å². The van der Waals surface area contributed by atoms with Crippen LogP contribution in [0.1, 0.15) is 26.6 Å². The number of hydrogen-bond acceptors (Lipinski definition) is 4. The maximum Gasteiger partial charge on any atom is 0.176 e. The molecule has 1 aromatic heterocycles. The molecule has 0 aliphatic heterocycles. The predicted octanol–water partition coefficient (Wildman–Crippen LogP) is 0.190. The molecule has 1 N–H and O–H groups in total. The van der Waals surface area contributed by atoms with E-state index in [9.17, 15) is 0 Å². The van der Waals surface area contributed by atoms with Gasteiger partial charge >= 0.3 is 0 Å². The fraction of sp³-hybridized carbons (Fsp3) is 0.875. The van der Waals surface area contributed by atoms with E-state index in [2.05, 4.69) is 41.5 Å². The first-order chi connectivity index (χ1) is 6.04. The van der Waals surface area contributed by atoms with Crippen LogP contribution < -0.4 is 5.32 Å². The Balaban J connectivity index is 2.64. The smallest absolute Gasteiger partial charge is 0.176 e. The Kier molecular flexibility index (Phi) is 2.98. The summed E-state index contributed by atoms with van der Waals surface area (Å²) >= 11 is 0. The summed E-state index contributed by atoms with van der Waals surface area (Å²) in [5.74, 6) is 0.796. The third-order valence-corrected chi connectivity index (χ3v) is 1.65. The molecule has 1 heterocycles. The lowest BCUT2D eigenvalue weighted by Gasteiger charge is -2.15. The van der Waals surface area contributed by atoms with Crippen LogP contribution in [0.15, 0.2) is 0 Å². The molecule has 0 saturated carbocycles. The van der Waals surface area contributed by atoms with Gasteiger partial charge < -0.3 is 5.32 Å². The third-order valence-electron chi connectivity index (χ3n) is 1.65. The van der Waals surface area contributed by atoms with Crippen LogP contribution in [0.5, 0.6) is 0 Å². The molecule has 0 spiro atoms. The van der Waals surface area contributed by atoms with Gasteiger partial charge in [0.2, 0.25) is 0 Å². The van der Waals surface area contributed by atoms with Crippen LogP contribution in [-0.2, 0) is 12.0 Å². The number of aromatic nitrogens is 4. The zero-order chi connectivity index (χ0) is 9.90. The van der Waals surface area contributed by atoms with E-state index in [0.29, 0.717) is 0 Å². The molecule has 0 saturated heterocycles. The molecule has 0 bridgehead atoms. The first-order valence-electron chi connectivity index (χ1n) is 4.48. The van der Waals surface area contributed by atoms with Gasteiger partial charge in [0.1, 0.15) is 0 Å². The molecule has 0 aromatic carbocycles. The van der Waals surface area contributed by atoms with E-state index in [0.717, 1.165) is 18.8 Å². The van der Waals surface area contributed by atoms with Gasteiger partial charge in [-0.3, -0.25) is 0 Å². The number of rotatable bonds is 3. The molecule has 0 aliphatic carbocycles. The van der Waals surface area contributed by atoms with Crippen LogP contribution in [0.4, 0.5) is 0 Å². The van der Waals surface area contributed by atoms with E-state index in [4.69, 9.17) is 0 Å². The summed E-state index contributed by atoms with van der Waals surface area (Å²) in [5, 5.41) is 15.3. The molecule has 1 aromatic rings. The van der Waals surface area contributed by atoms with Crippen LogP contribution >= 0.6 is 0 Å². The van der Waals surface area contributed by atoms with Crippen molar-refractivity contribution in [3.8, 4) is 0 Å². The molecule has 0 radical (unpaired) electrons. The molecule has 13 heavy (non-hydrogen) atoms. The highest BCUT2D eigenvalue weighted by molar-refractivity contribution is 4.79. The van der Waals surface area contributed by atoms with Gasteiger partial charge in [-0.1, -0.05) is 0 Å². The Labute approximate surface area is 78.5 Å². The summed E-state index contributed by atoms with van der Waals surface area (Å²) in [5.41, 5.74) is -0.0785. The fourth-order valence-corrected chi connectivity index (χ4v) is 0.864. The Morgan fingerprint density at radius 1 is 1.38 bits per heavy atom. The third kappa shape index (κ3) is 2.77. The highest BCUT2D eigenvalue weighted by atomic mass is 15.6. The summed E-state index contributed by atoms with van der Waals surface area (Å²) in [6.07, 6.45) is 0.826. The second-order valence-corrected chi connectivity index (χ2v) is 4.02. The Morgan fingerprint density at radius 2 is 2.08 bits per heavy atom. The topological polar surface area (TPSA) is 55.6 Å². The predicted molar refractivity (Wildman–Crippen MR) is 50.4 cm³/mol. The summed E-state index contributed by atoms with van der Waals surface area (Å²) in [4.78, 5) is 1.65.